The number of para-hydroxylation sites is 1. The number of hydrogen-bond donors (Lipinski definition) is 0. The fourth-order valence-electron chi connectivity index (χ4n) is 2.21. The van der Waals surface area contributed by atoms with Crippen molar-refractivity contribution in [3.8, 4) is 0 Å². The molecule has 0 saturated carbocycles. The first-order valence-electron chi connectivity index (χ1n) is 5.81. The van der Waals surface area contributed by atoms with Crippen molar-refractivity contribution in [1.82, 2.24) is 9.97 Å². The van der Waals surface area contributed by atoms with Gasteiger partial charge in [0.2, 0.25) is 0 Å². The standard InChI is InChI=1S/C14H8ClF3N2/c1-7-12-9(15)6-11(14(16,17)18)20-13(12)8-4-2-3-5-10(8)19-7/h2-6H,1H3. The van der Waals surface area contributed by atoms with Crippen LogP contribution < -0.4 is 0 Å². The van der Waals surface area contributed by atoms with E-state index in [1.54, 1.807) is 31.2 Å². The molecular formula is C14H8ClF3N2. The summed E-state index contributed by atoms with van der Waals surface area (Å²) in [5.41, 5.74) is 0.393. The molecule has 0 N–H and O–H groups in total. The Morgan fingerprint density at radius 3 is 2.50 bits per heavy atom. The van der Waals surface area contributed by atoms with E-state index in [9.17, 15) is 13.2 Å². The number of hydrogen-bond acceptors (Lipinski definition) is 2. The van der Waals surface area contributed by atoms with Crippen molar-refractivity contribution in [2.24, 2.45) is 0 Å². The number of benzene rings is 1. The van der Waals surface area contributed by atoms with E-state index in [0.717, 1.165) is 6.07 Å². The predicted molar refractivity (Wildman–Crippen MR) is 71.8 cm³/mol. The Labute approximate surface area is 117 Å². The summed E-state index contributed by atoms with van der Waals surface area (Å²) in [4.78, 5) is 8.10. The molecule has 0 saturated heterocycles. The lowest BCUT2D eigenvalue weighted by atomic mass is 10.1. The Morgan fingerprint density at radius 2 is 1.80 bits per heavy atom. The third-order valence-corrected chi connectivity index (χ3v) is 3.37. The average molecular weight is 297 g/mol. The third-order valence-electron chi connectivity index (χ3n) is 3.07. The molecular weight excluding hydrogens is 289 g/mol. The van der Waals surface area contributed by atoms with Crippen LogP contribution in [0.15, 0.2) is 30.3 Å². The summed E-state index contributed by atoms with van der Waals surface area (Å²) in [5, 5.41) is 1.03. The van der Waals surface area contributed by atoms with Crippen LogP contribution in [0.4, 0.5) is 13.2 Å². The molecule has 2 nitrogen and oxygen atoms in total. The first-order valence-corrected chi connectivity index (χ1v) is 6.18. The summed E-state index contributed by atoms with van der Waals surface area (Å²) in [6.07, 6.45) is -4.53. The van der Waals surface area contributed by atoms with Gasteiger partial charge in [-0.05, 0) is 19.1 Å². The Kier molecular flexibility index (Phi) is 2.83. The molecule has 3 rings (SSSR count). The van der Waals surface area contributed by atoms with E-state index in [2.05, 4.69) is 9.97 Å². The average Bonchev–Trinajstić information content (AvgIpc) is 2.37. The highest BCUT2D eigenvalue weighted by Crippen LogP contribution is 2.35. The van der Waals surface area contributed by atoms with Crippen LogP contribution in [0.5, 0.6) is 0 Å². The molecule has 0 aliphatic carbocycles. The molecule has 0 aliphatic rings. The van der Waals surface area contributed by atoms with Gasteiger partial charge in [0.25, 0.3) is 0 Å². The molecule has 1 aromatic carbocycles. The van der Waals surface area contributed by atoms with Crippen LogP contribution in [-0.2, 0) is 6.18 Å². The van der Waals surface area contributed by atoms with Gasteiger partial charge in [-0.25, -0.2) is 4.98 Å². The summed E-state index contributed by atoms with van der Waals surface area (Å²) >= 11 is 5.99. The smallest absolute Gasteiger partial charge is 0.252 e. The number of fused-ring (bicyclic) bond motifs is 3. The molecule has 0 unspecified atom stereocenters. The summed E-state index contributed by atoms with van der Waals surface area (Å²) in [6.45, 7) is 1.70. The zero-order valence-corrected chi connectivity index (χ0v) is 11.0. The molecule has 0 amide bonds. The lowest BCUT2D eigenvalue weighted by molar-refractivity contribution is -0.140. The van der Waals surface area contributed by atoms with Crippen LogP contribution in [0.3, 0.4) is 0 Å². The van der Waals surface area contributed by atoms with E-state index in [4.69, 9.17) is 11.6 Å². The van der Waals surface area contributed by atoms with E-state index < -0.39 is 11.9 Å². The van der Waals surface area contributed by atoms with Crippen LogP contribution in [0.25, 0.3) is 21.8 Å². The SMILES string of the molecule is Cc1nc2ccccc2c2nc(C(F)(F)F)cc(Cl)c12. The number of nitrogens with zero attached hydrogens (tertiary/aromatic N) is 2. The molecule has 6 heteroatoms. The van der Waals surface area contributed by atoms with Gasteiger partial charge in [0, 0.05) is 16.5 Å². The van der Waals surface area contributed by atoms with Crippen LogP contribution >= 0.6 is 11.6 Å². The zero-order chi connectivity index (χ0) is 14.5. The molecule has 0 atom stereocenters. The minimum absolute atomic E-state index is 0.0121. The molecule has 0 radical (unpaired) electrons. The Balaban J connectivity index is 2.53. The maximum atomic E-state index is 12.9. The summed E-state index contributed by atoms with van der Waals surface area (Å²) in [5.74, 6) is 0. The van der Waals surface area contributed by atoms with Gasteiger partial charge in [-0.2, -0.15) is 13.2 Å². The van der Waals surface area contributed by atoms with Crippen molar-refractivity contribution >= 4 is 33.4 Å². The number of halogens is 4. The van der Waals surface area contributed by atoms with Gasteiger partial charge in [-0.3, -0.25) is 4.98 Å². The van der Waals surface area contributed by atoms with Crippen LogP contribution in [-0.4, -0.2) is 9.97 Å². The number of aryl methyl sites for hydroxylation is 1. The van der Waals surface area contributed by atoms with Crippen LogP contribution in [0.2, 0.25) is 5.02 Å². The molecule has 2 heterocycles. The van der Waals surface area contributed by atoms with E-state index in [-0.39, 0.29) is 10.5 Å². The molecule has 102 valence electrons. The highest BCUT2D eigenvalue weighted by Gasteiger charge is 2.33. The van der Waals surface area contributed by atoms with Crippen molar-refractivity contribution in [2.45, 2.75) is 13.1 Å². The topological polar surface area (TPSA) is 25.8 Å². The highest BCUT2D eigenvalue weighted by atomic mass is 35.5. The van der Waals surface area contributed by atoms with Gasteiger partial charge >= 0.3 is 6.18 Å². The normalized spacial score (nSPS) is 12.2. The van der Waals surface area contributed by atoms with Crippen molar-refractivity contribution in [3.05, 3.63) is 46.7 Å². The number of alkyl halides is 3. The summed E-state index contributed by atoms with van der Waals surface area (Å²) < 4.78 is 38.6. The van der Waals surface area contributed by atoms with Gasteiger partial charge in [0.1, 0.15) is 5.69 Å². The lowest BCUT2D eigenvalue weighted by Crippen LogP contribution is -2.08. The number of rotatable bonds is 0. The Morgan fingerprint density at radius 1 is 1.10 bits per heavy atom. The summed E-state index contributed by atoms with van der Waals surface area (Å²) in [7, 11) is 0. The second-order valence-corrected chi connectivity index (χ2v) is 4.83. The predicted octanol–water partition coefficient (Wildman–Crippen LogP) is 4.76. The second kappa shape index (κ2) is 4.31. The Bertz CT molecular complexity index is 828. The maximum Gasteiger partial charge on any atom is 0.433 e. The van der Waals surface area contributed by atoms with Gasteiger partial charge in [0.15, 0.2) is 0 Å². The molecule has 20 heavy (non-hydrogen) atoms. The number of aromatic nitrogens is 2. The molecule has 2 aromatic heterocycles. The van der Waals surface area contributed by atoms with Crippen molar-refractivity contribution < 1.29 is 13.2 Å². The second-order valence-electron chi connectivity index (χ2n) is 4.43. The zero-order valence-electron chi connectivity index (χ0n) is 10.3. The van der Waals surface area contributed by atoms with E-state index >= 15 is 0 Å². The highest BCUT2D eigenvalue weighted by molar-refractivity contribution is 6.36. The van der Waals surface area contributed by atoms with Crippen molar-refractivity contribution in [3.63, 3.8) is 0 Å². The van der Waals surface area contributed by atoms with Crippen molar-refractivity contribution in [2.75, 3.05) is 0 Å². The Hall–Kier alpha value is -1.88. The van der Waals surface area contributed by atoms with E-state index in [1.807, 2.05) is 0 Å². The van der Waals surface area contributed by atoms with Gasteiger partial charge in [-0.15, -0.1) is 0 Å². The molecule has 0 fully saturated rings. The third kappa shape index (κ3) is 1.98. The van der Waals surface area contributed by atoms with Crippen LogP contribution in [0.1, 0.15) is 11.4 Å². The molecule has 0 aliphatic heterocycles. The largest absolute Gasteiger partial charge is 0.433 e. The van der Waals surface area contributed by atoms with Gasteiger partial charge in [-0.1, -0.05) is 29.8 Å². The van der Waals surface area contributed by atoms with Gasteiger partial charge in [0.05, 0.1) is 16.1 Å². The minimum Gasteiger partial charge on any atom is -0.252 e. The lowest BCUT2D eigenvalue weighted by Gasteiger charge is -2.11. The van der Waals surface area contributed by atoms with Crippen molar-refractivity contribution in [1.29, 1.82) is 0 Å². The monoisotopic (exact) mass is 296 g/mol. The molecule has 3 aromatic rings. The molecule has 0 bridgehead atoms. The minimum atomic E-state index is -4.53. The first kappa shape index (κ1) is 13.1. The number of pyridine rings is 2. The van der Waals surface area contributed by atoms with Crippen LogP contribution in [0, 0.1) is 6.92 Å². The summed E-state index contributed by atoms with van der Waals surface area (Å²) in [6, 6.07) is 7.77. The van der Waals surface area contributed by atoms with Gasteiger partial charge < -0.3 is 0 Å². The fourth-order valence-corrected chi connectivity index (χ4v) is 2.54. The fraction of sp³-hybridized carbons (Fsp3) is 0.143. The maximum absolute atomic E-state index is 12.9. The first-order chi connectivity index (χ1) is 9.38. The quantitative estimate of drug-likeness (QED) is 0.559. The van der Waals surface area contributed by atoms with E-state index in [0.29, 0.717) is 22.0 Å². The van der Waals surface area contributed by atoms with E-state index in [1.165, 1.54) is 0 Å². The molecule has 0 spiro atoms.